The molecule has 6 heavy (non-hydrogen) atoms. The second-order valence-electron chi connectivity index (χ2n) is 0.886. The van der Waals surface area contributed by atoms with Crippen LogP contribution in [0.4, 0.5) is 0 Å². The molecule has 0 aromatic carbocycles. The monoisotopic (exact) mass is 102 g/mol. The number of allylic oxidation sites excluding steroid dienone is 1. The molecule has 0 fully saturated rings. The lowest BCUT2D eigenvalue weighted by Gasteiger charge is -1.71. The summed E-state index contributed by atoms with van der Waals surface area (Å²) in [7, 11) is 0. The van der Waals surface area contributed by atoms with Crippen LogP contribution in [0.1, 0.15) is 6.42 Å². The van der Waals surface area contributed by atoms with Crippen LogP contribution in [0.15, 0.2) is 18.4 Å². The van der Waals surface area contributed by atoms with Crippen molar-refractivity contribution in [1.82, 2.24) is 0 Å². The van der Waals surface area contributed by atoms with E-state index in [0.29, 0.717) is 5.88 Å². The van der Waals surface area contributed by atoms with Gasteiger partial charge in [0.1, 0.15) is 0 Å². The van der Waals surface area contributed by atoms with Crippen molar-refractivity contribution in [2.75, 3.05) is 5.88 Å². The molecule has 0 spiro atoms. The van der Waals surface area contributed by atoms with Gasteiger partial charge in [0.15, 0.2) is 0 Å². The summed E-state index contributed by atoms with van der Waals surface area (Å²) in [4.78, 5) is 0. The molecule has 0 rings (SSSR count). The molecule has 1 heteroatoms. The third-order valence-electron chi connectivity index (χ3n) is 0.398. The molecule has 0 saturated heterocycles. The van der Waals surface area contributed by atoms with Gasteiger partial charge < -0.3 is 0 Å². The second-order valence-corrected chi connectivity index (χ2v) is 1.26. The molecular formula is C5H7Cl. The van der Waals surface area contributed by atoms with E-state index in [9.17, 15) is 0 Å². The maximum absolute atomic E-state index is 5.28. The van der Waals surface area contributed by atoms with E-state index in [1.165, 1.54) is 0 Å². The Hall–Kier alpha value is -0.190. The van der Waals surface area contributed by atoms with E-state index in [2.05, 4.69) is 12.3 Å². The Bertz CT molecular complexity index is 60.3. The molecule has 0 amide bonds. The van der Waals surface area contributed by atoms with Crippen molar-refractivity contribution in [1.29, 1.82) is 0 Å². The first kappa shape index (κ1) is 5.81. The van der Waals surface area contributed by atoms with Crippen molar-refractivity contribution >= 4 is 11.6 Å². The molecule has 0 aliphatic rings. The van der Waals surface area contributed by atoms with Crippen LogP contribution in [0.2, 0.25) is 0 Å². The maximum Gasteiger partial charge on any atom is 0.0264 e. The molecule has 0 aliphatic heterocycles. The van der Waals surface area contributed by atoms with Crippen molar-refractivity contribution < 1.29 is 0 Å². The predicted octanol–water partition coefficient (Wildman–Crippen LogP) is 1.96. The molecule has 0 heterocycles. The van der Waals surface area contributed by atoms with Gasteiger partial charge in [0.05, 0.1) is 0 Å². The van der Waals surface area contributed by atoms with Crippen molar-refractivity contribution in [2.24, 2.45) is 0 Å². The third kappa shape index (κ3) is 3.81. The Morgan fingerprint density at radius 1 is 1.83 bits per heavy atom. The van der Waals surface area contributed by atoms with Crippen molar-refractivity contribution in [3.05, 3.63) is 18.4 Å². The average Bonchev–Trinajstić information content (AvgIpc) is 1.61. The summed E-state index contributed by atoms with van der Waals surface area (Å²) < 4.78 is 0. The van der Waals surface area contributed by atoms with E-state index in [1.807, 2.05) is 6.08 Å². The zero-order valence-electron chi connectivity index (χ0n) is 3.58. The summed E-state index contributed by atoms with van der Waals surface area (Å²) in [6.07, 6.45) is 2.69. The van der Waals surface area contributed by atoms with Crippen molar-refractivity contribution in [3.63, 3.8) is 0 Å². The van der Waals surface area contributed by atoms with Gasteiger partial charge in [-0.2, -0.15) is 0 Å². The van der Waals surface area contributed by atoms with Crippen LogP contribution in [0.5, 0.6) is 0 Å². The molecule has 0 aromatic rings. The summed E-state index contributed by atoms with van der Waals surface area (Å²) in [6, 6.07) is 0. The Morgan fingerprint density at radius 2 is 2.50 bits per heavy atom. The van der Waals surface area contributed by atoms with Crippen molar-refractivity contribution in [2.45, 2.75) is 6.42 Å². The van der Waals surface area contributed by atoms with Crippen molar-refractivity contribution in [3.8, 4) is 0 Å². The molecule has 0 bridgehead atoms. The summed E-state index contributed by atoms with van der Waals surface area (Å²) in [5, 5.41) is 0. The van der Waals surface area contributed by atoms with E-state index in [0.717, 1.165) is 6.42 Å². The molecule has 0 nitrogen and oxygen atoms in total. The fourth-order valence-electron chi connectivity index (χ4n) is 0.157. The number of hydrogen-bond acceptors (Lipinski definition) is 0. The van der Waals surface area contributed by atoms with Gasteiger partial charge in [0, 0.05) is 5.88 Å². The lowest BCUT2D eigenvalue weighted by atomic mass is 10.5. The summed E-state index contributed by atoms with van der Waals surface area (Å²) >= 11 is 5.28. The molecule has 0 unspecified atom stereocenters. The minimum atomic E-state index is 0.669. The minimum absolute atomic E-state index is 0.669. The maximum atomic E-state index is 5.28. The zero-order chi connectivity index (χ0) is 4.83. The van der Waals surface area contributed by atoms with Gasteiger partial charge in [-0.3, -0.25) is 0 Å². The van der Waals surface area contributed by atoms with E-state index in [4.69, 9.17) is 11.6 Å². The highest BCUT2D eigenvalue weighted by atomic mass is 35.5. The van der Waals surface area contributed by atoms with Gasteiger partial charge in [0.25, 0.3) is 0 Å². The number of alkyl halides is 1. The highest BCUT2D eigenvalue weighted by molar-refractivity contribution is 6.17. The van der Waals surface area contributed by atoms with Gasteiger partial charge >= 0.3 is 0 Å². The van der Waals surface area contributed by atoms with Gasteiger partial charge in [-0.05, 0) is 12.5 Å². The van der Waals surface area contributed by atoms with E-state index in [-0.39, 0.29) is 0 Å². The molecule has 0 N–H and O–H groups in total. The largest absolute Gasteiger partial charge is 0.133 e. The third-order valence-corrected chi connectivity index (χ3v) is 0.616. The lowest BCUT2D eigenvalue weighted by molar-refractivity contribution is 1.24. The topological polar surface area (TPSA) is 0 Å². The van der Waals surface area contributed by atoms with E-state index in [1.54, 1.807) is 0 Å². The number of rotatable bonds is 2. The highest BCUT2D eigenvalue weighted by Crippen LogP contribution is 1.81. The van der Waals surface area contributed by atoms with Crippen LogP contribution in [0.25, 0.3) is 0 Å². The number of halogens is 1. The van der Waals surface area contributed by atoms with Gasteiger partial charge in [-0.15, -0.1) is 17.3 Å². The molecule has 0 aromatic heterocycles. The standard InChI is InChI=1S/C5H7Cl/c1-2-3-4-5-6/h3H,1,4-5H2. The highest BCUT2D eigenvalue weighted by Gasteiger charge is 1.66. The predicted molar refractivity (Wildman–Crippen MR) is 29.0 cm³/mol. The minimum Gasteiger partial charge on any atom is -0.133 e. The summed E-state index contributed by atoms with van der Waals surface area (Å²) in [6.45, 7) is 3.36. The summed E-state index contributed by atoms with van der Waals surface area (Å²) in [5.41, 5.74) is 2.61. The first-order valence-corrected chi connectivity index (χ1v) is 2.35. The Morgan fingerprint density at radius 3 is 2.67 bits per heavy atom. The fourth-order valence-corrected chi connectivity index (χ4v) is 0.266. The Balaban J connectivity index is 2.86. The zero-order valence-corrected chi connectivity index (χ0v) is 4.33. The van der Waals surface area contributed by atoms with Gasteiger partial charge in [0.2, 0.25) is 0 Å². The van der Waals surface area contributed by atoms with E-state index >= 15 is 0 Å². The molecule has 0 atom stereocenters. The Kier molecular flexibility index (Phi) is 4.66. The molecular weight excluding hydrogens is 95.5 g/mol. The van der Waals surface area contributed by atoms with Crippen LogP contribution in [-0.2, 0) is 0 Å². The van der Waals surface area contributed by atoms with Crippen LogP contribution in [0.3, 0.4) is 0 Å². The number of hydrogen-bond donors (Lipinski definition) is 0. The summed E-state index contributed by atoms with van der Waals surface area (Å²) in [5.74, 6) is 0.669. The van der Waals surface area contributed by atoms with Gasteiger partial charge in [-0.1, -0.05) is 6.58 Å². The van der Waals surface area contributed by atoms with Crippen LogP contribution in [0, 0.1) is 0 Å². The average molecular weight is 103 g/mol. The fraction of sp³-hybridized carbons (Fsp3) is 0.400. The van der Waals surface area contributed by atoms with Crippen LogP contribution in [-0.4, -0.2) is 5.88 Å². The molecule has 34 valence electrons. The second kappa shape index (κ2) is 4.81. The van der Waals surface area contributed by atoms with Gasteiger partial charge in [-0.25, -0.2) is 0 Å². The SMILES string of the molecule is C=C=CCCCl. The first-order valence-electron chi connectivity index (χ1n) is 1.82. The quantitative estimate of drug-likeness (QED) is 0.369. The molecule has 0 radical (unpaired) electrons. The molecule has 0 saturated carbocycles. The van der Waals surface area contributed by atoms with Crippen LogP contribution >= 0.6 is 11.6 Å². The van der Waals surface area contributed by atoms with E-state index < -0.39 is 0 Å². The normalized spacial score (nSPS) is 6.83. The first-order chi connectivity index (χ1) is 2.91. The lowest BCUT2D eigenvalue weighted by Crippen LogP contribution is -1.60. The van der Waals surface area contributed by atoms with Crippen LogP contribution < -0.4 is 0 Å². The Labute approximate surface area is 43.1 Å². The smallest absolute Gasteiger partial charge is 0.0264 e. The molecule has 0 aliphatic carbocycles.